The van der Waals surface area contributed by atoms with E-state index >= 15 is 0 Å². The first-order valence-corrected chi connectivity index (χ1v) is 9.52. The lowest BCUT2D eigenvalue weighted by Crippen LogP contribution is -2.30. The van der Waals surface area contributed by atoms with E-state index in [4.69, 9.17) is 9.47 Å². The van der Waals surface area contributed by atoms with Gasteiger partial charge in [0.1, 0.15) is 11.5 Å². The second kappa shape index (κ2) is 10.5. The molecule has 0 saturated carbocycles. The fourth-order valence-electron chi connectivity index (χ4n) is 2.64. The van der Waals surface area contributed by atoms with Gasteiger partial charge < -0.3 is 19.7 Å². The van der Waals surface area contributed by atoms with Crippen LogP contribution in [-0.2, 0) is 0 Å². The third-order valence-electron chi connectivity index (χ3n) is 4.31. The molecule has 1 N–H and O–H groups in total. The molecule has 2 aromatic carbocycles. The van der Waals surface area contributed by atoms with Gasteiger partial charge in [-0.15, -0.1) is 0 Å². The average molecular weight is 370 g/mol. The lowest BCUT2D eigenvalue weighted by molar-refractivity contribution is 0.195. The Labute approximate surface area is 162 Å². The van der Waals surface area contributed by atoms with Gasteiger partial charge in [0.2, 0.25) is 0 Å². The van der Waals surface area contributed by atoms with Gasteiger partial charge in [0.15, 0.2) is 0 Å². The predicted molar refractivity (Wildman–Crippen MR) is 110 cm³/mol. The number of anilines is 1. The summed E-state index contributed by atoms with van der Waals surface area (Å²) in [4.78, 5) is 14.2. The summed E-state index contributed by atoms with van der Waals surface area (Å²) in [6.07, 6.45) is 2.47. The van der Waals surface area contributed by atoms with Crippen molar-refractivity contribution in [2.75, 3.05) is 25.6 Å². The van der Waals surface area contributed by atoms with Crippen molar-refractivity contribution in [1.29, 1.82) is 0 Å². The zero-order valence-corrected chi connectivity index (χ0v) is 16.7. The van der Waals surface area contributed by atoms with Crippen LogP contribution in [0.3, 0.4) is 0 Å². The Morgan fingerprint density at radius 2 is 1.63 bits per heavy atom. The van der Waals surface area contributed by atoms with Crippen LogP contribution in [0, 0.1) is 0 Å². The number of unbranched alkanes of at least 4 members (excludes halogenated alkanes) is 1. The topological polar surface area (TPSA) is 50.8 Å². The Bertz CT molecular complexity index is 697. The maximum absolute atomic E-state index is 12.2. The zero-order valence-electron chi connectivity index (χ0n) is 16.7. The average Bonchev–Trinajstić information content (AvgIpc) is 2.67. The van der Waals surface area contributed by atoms with Crippen molar-refractivity contribution in [3.05, 3.63) is 54.1 Å². The fraction of sp³-hybridized carbons (Fsp3) is 0.409. The Kier molecular flexibility index (Phi) is 7.99. The molecule has 2 aromatic rings. The normalized spacial score (nSPS) is 11.6. The first-order chi connectivity index (χ1) is 13.0. The molecule has 0 spiro atoms. The molecule has 5 nitrogen and oxygen atoms in total. The van der Waals surface area contributed by atoms with Crippen molar-refractivity contribution in [1.82, 2.24) is 5.32 Å². The molecule has 0 saturated heterocycles. The summed E-state index contributed by atoms with van der Waals surface area (Å²) in [5.74, 6) is 1.37. The van der Waals surface area contributed by atoms with Crippen LogP contribution in [0.25, 0.3) is 0 Å². The maximum atomic E-state index is 12.2. The molecule has 0 heterocycles. The standard InChI is InChI=1S/C22H30N2O3/c1-5-7-16-26-19-12-8-17(9-13-19)21(6-2)23-22(25)27-20-14-10-18(11-15-20)24(3)4/h8-15,21H,5-7,16H2,1-4H3,(H,23,25). The summed E-state index contributed by atoms with van der Waals surface area (Å²) in [5.41, 5.74) is 2.08. The summed E-state index contributed by atoms with van der Waals surface area (Å²) >= 11 is 0. The lowest BCUT2D eigenvalue weighted by Gasteiger charge is -2.18. The first kappa shape index (κ1) is 20.6. The van der Waals surface area contributed by atoms with Crippen molar-refractivity contribution < 1.29 is 14.3 Å². The largest absolute Gasteiger partial charge is 0.494 e. The molecule has 5 heteroatoms. The molecule has 0 radical (unpaired) electrons. The highest BCUT2D eigenvalue weighted by molar-refractivity contribution is 5.71. The summed E-state index contributed by atoms with van der Waals surface area (Å²) < 4.78 is 11.1. The van der Waals surface area contributed by atoms with Crippen molar-refractivity contribution in [3.63, 3.8) is 0 Å². The number of carbonyl (C=O) groups is 1. The van der Waals surface area contributed by atoms with Gasteiger partial charge >= 0.3 is 6.09 Å². The smallest absolute Gasteiger partial charge is 0.413 e. The van der Waals surface area contributed by atoms with Gasteiger partial charge in [0.25, 0.3) is 0 Å². The van der Waals surface area contributed by atoms with Crippen LogP contribution < -0.4 is 19.7 Å². The minimum Gasteiger partial charge on any atom is -0.494 e. The number of rotatable bonds is 9. The number of benzene rings is 2. The van der Waals surface area contributed by atoms with Crippen LogP contribution in [-0.4, -0.2) is 26.8 Å². The molecule has 0 aliphatic rings. The number of carbonyl (C=O) groups excluding carboxylic acids is 1. The molecule has 0 aromatic heterocycles. The Morgan fingerprint density at radius 1 is 1.00 bits per heavy atom. The highest BCUT2D eigenvalue weighted by atomic mass is 16.6. The summed E-state index contributed by atoms with van der Waals surface area (Å²) in [7, 11) is 3.93. The highest BCUT2D eigenvalue weighted by Crippen LogP contribution is 2.22. The SMILES string of the molecule is CCCCOc1ccc(C(CC)NC(=O)Oc2ccc(N(C)C)cc2)cc1. The molecule has 0 fully saturated rings. The molecule has 1 amide bonds. The van der Waals surface area contributed by atoms with Gasteiger partial charge in [-0.05, 0) is 54.8 Å². The van der Waals surface area contributed by atoms with Crippen molar-refractivity contribution in [2.24, 2.45) is 0 Å². The minimum atomic E-state index is -0.456. The second-order valence-corrected chi connectivity index (χ2v) is 6.65. The van der Waals surface area contributed by atoms with Crippen molar-refractivity contribution in [3.8, 4) is 11.5 Å². The third-order valence-corrected chi connectivity index (χ3v) is 4.31. The monoisotopic (exact) mass is 370 g/mol. The quantitative estimate of drug-likeness (QED) is 0.619. The van der Waals surface area contributed by atoms with Gasteiger partial charge in [0.05, 0.1) is 12.6 Å². The molecule has 27 heavy (non-hydrogen) atoms. The molecular formula is C22H30N2O3. The molecule has 0 aliphatic heterocycles. The third kappa shape index (κ3) is 6.51. The van der Waals surface area contributed by atoms with Crippen LogP contribution in [0.15, 0.2) is 48.5 Å². The Morgan fingerprint density at radius 3 is 2.19 bits per heavy atom. The predicted octanol–water partition coefficient (Wildman–Crippen LogP) is 5.17. The molecule has 2 rings (SSSR count). The Hall–Kier alpha value is -2.69. The van der Waals surface area contributed by atoms with Gasteiger partial charge in [0, 0.05) is 19.8 Å². The van der Waals surface area contributed by atoms with Gasteiger partial charge in [-0.1, -0.05) is 32.4 Å². The van der Waals surface area contributed by atoms with E-state index in [1.165, 1.54) is 0 Å². The molecule has 146 valence electrons. The fourth-order valence-corrected chi connectivity index (χ4v) is 2.64. The maximum Gasteiger partial charge on any atom is 0.413 e. The van der Waals surface area contributed by atoms with E-state index in [-0.39, 0.29) is 6.04 Å². The zero-order chi connectivity index (χ0) is 19.6. The summed E-state index contributed by atoms with van der Waals surface area (Å²) in [6.45, 7) is 4.90. The van der Waals surface area contributed by atoms with E-state index in [0.717, 1.165) is 42.9 Å². The summed E-state index contributed by atoms with van der Waals surface area (Å²) in [5, 5.41) is 2.93. The van der Waals surface area contributed by atoms with Gasteiger partial charge in [-0.2, -0.15) is 0 Å². The highest BCUT2D eigenvalue weighted by Gasteiger charge is 2.14. The van der Waals surface area contributed by atoms with Crippen LogP contribution in [0.5, 0.6) is 11.5 Å². The number of nitrogens with one attached hydrogen (secondary N) is 1. The van der Waals surface area contributed by atoms with Crippen molar-refractivity contribution in [2.45, 2.75) is 39.2 Å². The Balaban J connectivity index is 1.92. The number of hydrogen-bond acceptors (Lipinski definition) is 4. The van der Waals surface area contributed by atoms with Crippen LogP contribution in [0.4, 0.5) is 10.5 Å². The van der Waals surface area contributed by atoms with Crippen molar-refractivity contribution >= 4 is 11.8 Å². The van der Waals surface area contributed by atoms with Crippen LogP contribution >= 0.6 is 0 Å². The molecule has 0 aliphatic carbocycles. The van der Waals surface area contributed by atoms with E-state index in [2.05, 4.69) is 12.2 Å². The van der Waals surface area contributed by atoms with E-state index in [1.807, 2.05) is 62.3 Å². The number of amides is 1. The minimum absolute atomic E-state index is 0.108. The first-order valence-electron chi connectivity index (χ1n) is 9.52. The molecule has 1 atom stereocenters. The van der Waals surface area contributed by atoms with Gasteiger partial charge in [-0.3, -0.25) is 0 Å². The number of nitrogens with zero attached hydrogens (tertiary/aromatic N) is 1. The van der Waals surface area contributed by atoms with E-state index in [9.17, 15) is 4.79 Å². The molecule has 1 unspecified atom stereocenters. The lowest BCUT2D eigenvalue weighted by atomic mass is 10.0. The van der Waals surface area contributed by atoms with Crippen LogP contribution in [0.1, 0.15) is 44.7 Å². The van der Waals surface area contributed by atoms with E-state index < -0.39 is 6.09 Å². The van der Waals surface area contributed by atoms with E-state index in [0.29, 0.717) is 5.75 Å². The number of hydrogen-bond donors (Lipinski definition) is 1. The van der Waals surface area contributed by atoms with E-state index in [1.54, 1.807) is 12.1 Å². The molecular weight excluding hydrogens is 340 g/mol. The number of ether oxygens (including phenoxy) is 2. The summed E-state index contributed by atoms with van der Waals surface area (Å²) in [6, 6.07) is 15.2. The van der Waals surface area contributed by atoms with Crippen LogP contribution in [0.2, 0.25) is 0 Å². The molecule has 0 bridgehead atoms. The van der Waals surface area contributed by atoms with Gasteiger partial charge in [-0.25, -0.2) is 4.79 Å². The second-order valence-electron chi connectivity index (χ2n) is 6.65.